The van der Waals surface area contributed by atoms with Crippen molar-refractivity contribution in [1.29, 1.82) is 0 Å². The number of phosphoric ester groups is 1. The largest absolute Gasteiger partial charge is 0.472 e. The van der Waals surface area contributed by atoms with E-state index >= 15 is 0 Å². The lowest BCUT2D eigenvalue weighted by Crippen LogP contribution is -2.45. The van der Waals surface area contributed by atoms with Gasteiger partial charge in [0, 0.05) is 6.42 Å². The number of unbranched alkanes of at least 4 members (excludes halogenated alkanes) is 28. The predicted molar refractivity (Wildman–Crippen MR) is 267 cm³/mol. The average Bonchev–Trinajstić information content (AvgIpc) is 3.23. The molecule has 0 aliphatic rings. The van der Waals surface area contributed by atoms with E-state index in [0.717, 1.165) is 44.9 Å². The van der Waals surface area contributed by atoms with Crippen LogP contribution in [0.4, 0.5) is 0 Å². The third kappa shape index (κ3) is 46.5. The Morgan fingerprint density at radius 1 is 0.548 bits per heavy atom. The standard InChI is InChI=1S/C53H101N2O6P/c1-6-8-10-12-14-16-18-20-21-22-23-24-25-26-27-28-29-30-31-32-33-35-37-39-41-43-45-47-53(57)54-51(50-61-62(58,59)60-49-48-55(3,4)5)52(56)46-44-42-40-38-36-34-19-17-15-13-11-9-7-2/h18,20,22-23,36,38,44,46,51-52,56H,6-17,19,21,24-35,37,39-43,45,47-50H2,1-5H3,(H-,54,57,58,59)/p+1/b20-18-,23-22-,38-36+,46-44+. The van der Waals surface area contributed by atoms with Gasteiger partial charge in [-0.3, -0.25) is 13.8 Å². The quantitative estimate of drug-likeness (QED) is 0.0243. The minimum atomic E-state index is -4.35. The molecule has 364 valence electrons. The lowest BCUT2D eigenvalue weighted by molar-refractivity contribution is -0.870. The SMILES string of the molecule is CCCCCCC/C=C\C/C=C\CCCCCCCCCCCCCCCCCC(=O)NC(COP(=O)(O)OCC[N+](C)(C)C)C(O)/C=C/CC/C=C/CCCCCCCCC. The highest BCUT2D eigenvalue weighted by Crippen LogP contribution is 2.43. The van der Waals surface area contributed by atoms with Crippen LogP contribution in [0.5, 0.6) is 0 Å². The molecule has 1 amide bonds. The molecule has 0 aromatic carbocycles. The number of nitrogens with one attached hydrogen (secondary N) is 1. The summed E-state index contributed by atoms with van der Waals surface area (Å²) >= 11 is 0. The molecule has 3 unspecified atom stereocenters. The van der Waals surface area contributed by atoms with E-state index in [4.69, 9.17) is 9.05 Å². The smallest absolute Gasteiger partial charge is 0.387 e. The van der Waals surface area contributed by atoms with Gasteiger partial charge in [-0.15, -0.1) is 0 Å². The summed E-state index contributed by atoms with van der Waals surface area (Å²) in [5.41, 5.74) is 0. The van der Waals surface area contributed by atoms with E-state index in [9.17, 15) is 19.4 Å². The molecule has 0 radical (unpaired) electrons. The van der Waals surface area contributed by atoms with E-state index in [2.05, 4.69) is 55.6 Å². The maximum atomic E-state index is 12.9. The Balaban J connectivity index is 4.18. The second-order valence-electron chi connectivity index (χ2n) is 18.9. The van der Waals surface area contributed by atoms with Gasteiger partial charge in [0.1, 0.15) is 13.2 Å². The van der Waals surface area contributed by atoms with Gasteiger partial charge >= 0.3 is 7.82 Å². The van der Waals surface area contributed by atoms with Crippen molar-refractivity contribution in [2.45, 2.75) is 244 Å². The van der Waals surface area contributed by atoms with Crippen molar-refractivity contribution in [1.82, 2.24) is 5.32 Å². The summed E-state index contributed by atoms with van der Waals surface area (Å²) in [5, 5.41) is 13.8. The molecule has 3 N–H and O–H groups in total. The number of hydrogen-bond donors (Lipinski definition) is 3. The van der Waals surface area contributed by atoms with Crippen LogP contribution >= 0.6 is 7.82 Å². The number of phosphoric acid groups is 1. The molecule has 0 fully saturated rings. The van der Waals surface area contributed by atoms with Gasteiger partial charge in [0.05, 0.1) is 39.9 Å². The number of carbonyl (C=O) groups excluding carboxylic acids is 1. The maximum Gasteiger partial charge on any atom is 0.472 e. The first-order valence-corrected chi connectivity index (χ1v) is 27.5. The number of quaternary nitrogens is 1. The molecule has 0 aliphatic carbocycles. The molecule has 0 aromatic rings. The van der Waals surface area contributed by atoms with Gasteiger partial charge in [-0.1, -0.05) is 210 Å². The monoisotopic (exact) mass is 894 g/mol. The van der Waals surface area contributed by atoms with Crippen LogP contribution < -0.4 is 5.32 Å². The van der Waals surface area contributed by atoms with Crippen molar-refractivity contribution in [2.75, 3.05) is 40.9 Å². The summed E-state index contributed by atoms with van der Waals surface area (Å²) in [6.45, 7) is 4.78. The molecule has 0 aliphatic heterocycles. The zero-order valence-corrected chi connectivity index (χ0v) is 42.3. The van der Waals surface area contributed by atoms with Gasteiger partial charge in [0.25, 0.3) is 0 Å². The Morgan fingerprint density at radius 3 is 1.39 bits per heavy atom. The lowest BCUT2D eigenvalue weighted by atomic mass is 10.0. The molecule has 0 saturated heterocycles. The van der Waals surface area contributed by atoms with Crippen molar-refractivity contribution in [2.24, 2.45) is 0 Å². The maximum absolute atomic E-state index is 12.9. The molecular weight excluding hydrogens is 792 g/mol. The summed E-state index contributed by atoms with van der Waals surface area (Å²) < 4.78 is 23.6. The number of aliphatic hydroxyl groups is 1. The third-order valence-corrected chi connectivity index (χ3v) is 12.5. The van der Waals surface area contributed by atoms with Crippen LogP contribution in [0.2, 0.25) is 0 Å². The summed E-state index contributed by atoms with van der Waals surface area (Å²) in [7, 11) is 1.56. The van der Waals surface area contributed by atoms with Gasteiger partial charge in [0.2, 0.25) is 5.91 Å². The van der Waals surface area contributed by atoms with E-state index in [-0.39, 0.29) is 19.1 Å². The van der Waals surface area contributed by atoms with Gasteiger partial charge in [-0.05, 0) is 64.2 Å². The van der Waals surface area contributed by atoms with Crippen molar-refractivity contribution < 1.29 is 32.9 Å². The van der Waals surface area contributed by atoms with E-state index in [1.807, 2.05) is 27.2 Å². The Kier molecular flexibility index (Phi) is 43.5. The number of aliphatic hydroxyl groups excluding tert-OH is 1. The summed E-state index contributed by atoms with van der Waals surface area (Å²) in [4.78, 5) is 23.2. The lowest BCUT2D eigenvalue weighted by Gasteiger charge is -2.25. The number of rotatable bonds is 47. The van der Waals surface area contributed by atoms with E-state index in [1.165, 1.54) is 167 Å². The van der Waals surface area contributed by atoms with Crippen LogP contribution in [0.1, 0.15) is 232 Å². The average molecular weight is 894 g/mol. The summed E-state index contributed by atoms with van der Waals surface area (Å²) in [6, 6.07) is -0.862. The highest BCUT2D eigenvalue weighted by molar-refractivity contribution is 7.47. The number of nitrogens with zero attached hydrogens (tertiary/aromatic N) is 1. The van der Waals surface area contributed by atoms with E-state index < -0.39 is 20.0 Å². The molecule has 0 bridgehead atoms. The fraction of sp³-hybridized carbons (Fsp3) is 0.830. The second-order valence-corrected chi connectivity index (χ2v) is 20.3. The first-order chi connectivity index (χ1) is 30.0. The molecule has 9 heteroatoms. The number of hydrogen-bond acceptors (Lipinski definition) is 5. The minimum Gasteiger partial charge on any atom is -0.387 e. The molecular formula is C53H102N2O6P+. The Labute approximate surface area is 384 Å². The fourth-order valence-corrected chi connectivity index (χ4v) is 8.12. The Morgan fingerprint density at radius 2 is 0.935 bits per heavy atom. The molecule has 0 aromatic heterocycles. The van der Waals surface area contributed by atoms with E-state index in [1.54, 1.807) is 6.08 Å². The van der Waals surface area contributed by atoms with Crippen molar-refractivity contribution in [3.8, 4) is 0 Å². The zero-order chi connectivity index (χ0) is 45.7. The number of allylic oxidation sites excluding steroid dienone is 7. The van der Waals surface area contributed by atoms with Crippen LogP contribution in [-0.4, -0.2) is 73.4 Å². The van der Waals surface area contributed by atoms with Crippen molar-refractivity contribution in [3.63, 3.8) is 0 Å². The molecule has 0 saturated carbocycles. The molecule has 0 heterocycles. The van der Waals surface area contributed by atoms with Crippen LogP contribution in [0.3, 0.4) is 0 Å². The Bertz CT molecular complexity index is 1150. The molecule has 3 atom stereocenters. The summed E-state index contributed by atoms with van der Waals surface area (Å²) in [6.07, 6.45) is 57.7. The highest BCUT2D eigenvalue weighted by atomic mass is 31.2. The van der Waals surface area contributed by atoms with Crippen LogP contribution in [-0.2, 0) is 18.4 Å². The van der Waals surface area contributed by atoms with Crippen LogP contribution in [0.15, 0.2) is 48.6 Å². The number of likely N-dealkylation sites (N-methyl/N-ethyl adjacent to an activating group) is 1. The van der Waals surface area contributed by atoms with Crippen LogP contribution in [0.25, 0.3) is 0 Å². The second kappa shape index (κ2) is 44.7. The molecule has 8 nitrogen and oxygen atoms in total. The summed E-state index contributed by atoms with van der Waals surface area (Å²) in [5.74, 6) is -0.187. The molecule has 0 rings (SSSR count). The minimum absolute atomic E-state index is 0.0558. The van der Waals surface area contributed by atoms with Gasteiger partial charge in [-0.2, -0.15) is 0 Å². The Hall–Kier alpha value is -1.54. The number of carbonyl (C=O) groups is 1. The molecule has 62 heavy (non-hydrogen) atoms. The first kappa shape index (κ1) is 60.5. The van der Waals surface area contributed by atoms with E-state index in [0.29, 0.717) is 17.4 Å². The normalized spacial score (nSPS) is 14.5. The van der Waals surface area contributed by atoms with Crippen LogP contribution in [0, 0.1) is 0 Å². The highest BCUT2D eigenvalue weighted by Gasteiger charge is 2.27. The predicted octanol–water partition coefficient (Wildman–Crippen LogP) is 15.2. The van der Waals surface area contributed by atoms with Gasteiger partial charge in [-0.25, -0.2) is 4.57 Å². The van der Waals surface area contributed by atoms with Crippen molar-refractivity contribution >= 4 is 13.7 Å². The van der Waals surface area contributed by atoms with Gasteiger partial charge in [0.15, 0.2) is 0 Å². The topological polar surface area (TPSA) is 105 Å². The zero-order valence-electron chi connectivity index (χ0n) is 41.4. The first-order valence-electron chi connectivity index (χ1n) is 26.0. The fourth-order valence-electron chi connectivity index (χ4n) is 7.38. The number of amides is 1. The van der Waals surface area contributed by atoms with Gasteiger partial charge < -0.3 is 19.8 Å². The third-order valence-electron chi connectivity index (χ3n) is 11.5. The molecule has 0 spiro atoms. The van der Waals surface area contributed by atoms with Crippen molar-refractivity contribution in [3.05, 3.63) is 48.6 Å².